The highest BCUT2D eigenvalue weighted by Gasteiger charge is 2.35. The highest BCUT2D eigenvalue weighted by molar-refractivity contribution is 6.38. The summed E-state index contributed by atoms with van der Waals surface area (Å²) in [6, 6.07) is 12.7. The zero-order valence-electron chi connectivity index (χ0n) is 40.9. The zero-order valence-corrected chi connectivity index (χ0v) is 40.9. The number of aromatic hydroxyl groups is 1. The summed E-state index contributed by atoms with van der Waals surface area (Å²) in [5.74, 6) is -12.6. The molecule has 394 valence electrons. The van der Waals surface area contributed by atoms with Crippen LogP contribution in [-0.4, -0.2) is 129 Å². The van der Waals surface area contributed by atoms with E-state index in [1.807, 2.05) is 0 Å². The van der Waals surface area contributed by atoms with Crippen molar-refractivity contribution < 1.29 is 68.1 Å². The van der Waals surface area contributed by atoms with Gasteiger partial charge in [-0.25, -0.2) is 0 Å². The van der Waals surface area contributed by atoms with E-state index in [4.69, 9.17) is 16.6 Å². The van der Waals surface area contributed by atoms with Gasteiger partial charge in [-0.05, 0) is 53.5 Å². The SMILES string of the molecule is CC(C)C[C@H](NC(=O)[C@H](Cc1ccccc1)NC(=O)[C@@H](N)CCC(=O)O)C(=O)N[C@@H](Cc1ccc(O)cc1)C(=O)NCC(=O)N[C@H](C(=O)N[C@@H](Cc1ccccc1)C(=O)N[C@@H](CC(=O)O)C(=O)C(N)=O)C(C)C. The van der Waals surface area contributed by atoms with Crippen molar-refractivity contribution in [1.82, 2.24) is 37.2 Å². The van der Waals surface area contributed by atoms with Crippen LogP contribution in [0.1, 0.15) is 70.1 Å². The molecule has 14 N–H and O–H groups in total. The lowest BCUT2D eigenvalue weighted by atomic mass is 9.99. The van der Waals surface area contributed by atoms with Crippen LogP contribution < -0.4 is 48.7 Å². The number of carbonyl (C=O) groups is 11. The number of aliphatic carboxylic acids is 2. The minimum atomic E-state index is -1.86. The summed E-state index contributed by atoms with van der Waals surface area (Å²) in [5, 5.41) is 45.9. The van der Waals surface area contributed by atoms with E-state index in [0.717, 1.165) is 0 Å². The summed E-state index contributed by atoms with van der Waals surface area (Å²) < 4.78 is 0. The van der Waals surface area contributed by atoms with Crippen LogP contribution in [0.5, 0.6) is 5.75 Å². The molecule has 0 aliphatic rings. The molecular formula is C50H65N9O14. The molecular weight excluding hydrogens is 951 g/mol. The predicted molar refractivity (Wildman–Crippen MR) is 262 cm³/mol. The number of phenolic OH excluding ortho intramolecular Hbond substituents is 1. The van der Waals surface area contributed by atoms with Crippen LogP contribution in [0.2, 0.25) is 0 Å². The molecule has 0 bridgehead atoms. The van der Waals surface area contributed by atoms with Gasteiger partial charge in [0.25, 0.3) is 5.91 Å². The molecule has 3 rings (SSSR count). The van der Waals surface area contributed by atoms with Crippen molar-refractivity contribution in [3.8, 4) is 5.75 Å². The van der Waals surface area contributed by atoms with E-state index in [9.17, 15) is 63.0 Å². The zero-order chi connectivity index (χ0) is 54.4. The number of hydrogen-bond donors (Lipinski definition) is 12. The van der Waals surface area contributed by atoms with Gasteiger partial charge in [0.2, 0.25) is 47.1 Å². The van der Waals surface area contributed by atoms with E-state index in [1.165, 1.54) is 24.3 Å². The van der Waals surface area contributed by atoms with Gasteiger partial charge in [0, 0.05) is 25.7 Å². The highest BCUT2D eigenvalue weighted by atomic mass is 16.4. The smallest absolute Gasteiger partial charge is 0.305 e. The van der Waals surface area contributed by atoms with Gasteiger partial charge in [0.15, 0.2) is 0 Å². The monoisotopic (exact) mass is 1020 g/mol. The number of carboxylic acid groups (broad SMARTS) is 2. The highest BCUT2D eigenvalue weighted by Crippen LogP contribution is 2.14. The molecule has 0 saturated heterocycles. The third-order valence-electron chi connectivity index (χ3n) is 11.1. The molecule has 7 atom stereocenters. The number of Topliss-reactive ketones (excluding diaryl/α,β-unsaturated/α-hetero) is 1. The maximum Gasteiger partial charge on any atom is 0.305 e. The van der Waals surface area contributed by atoms with Crippen molar-refractivity contribution in [2.24, 2.45) is 23.3 Å². The number of nitrogens with two attached hydrogens (primary N) is 2. The van der Waals surface area contributed by atoms with Gasteiger partial charge in [-0.3, -0.25) is 52.7 Å². The number of benzene rings is 3. The Morgan fingerprint density at radius 2 is 0.959 bits per heavy atom. The summed E-state index contributed by atoms with van der Waals surface area (Å²) >= 11 is 0. The Balaban J connectivity index is 1.83. The molecule has 23 nitrogen and oxygen atoms in total. The van der Waals surface area contributed by atoms with Crippen LogP contribution in [-0.2, 0) is 72.0 Å². The number of hydrogen-bond acceptors (Lipinski definition) is 13. The number of phenols is 1. The number of ketones is 1. The van der Waals surface area contributed by atoms with Crippen LogP contribution in [0.15, 0.2) is 84.9 Å². The van der Waals surface area contributed by atoms with Crippen molar-refractivity contribution in [2.45, 2.75) is 115 Å². The molecule has 23 heteroatoms. The van der Waals surface area contributed by atoms with Crippen molar-refractivity contribution in [3.05, 3.63) is 102 Å². The molecule has 0 aliphatic carbocycles. The van der Waals surface area contributed by atoms with Crippen molar-refractivity contribution in [2.75, 3.05) is 6.54 Å². The Bertz CT molecular complexity index is 2420. The number of carbonyl (C=O) groups excluding carboxylic acids is 9. The van der Waals surface area contributed by atoms with Gasteiger partial charge in [-0.1, -0.05) is 100 Å². The quantitative estimate of drug-likeness (QED) is 0.0352. The molecule has 0 heterocycles. The van der Waals surface area contributed by atoms with E-state index in [0.29, 0.717) is 16.7 Å². The summed E-state index contributed by atoms with van der Waals surface area (Å²) in [7, 11) is 0. The minimum absolute atomic E-state index is 0.0352. The number of primary amides is 1. The number of nitrogens with one attached hydrogen (secondary N) is 7. The maximum absolute atomic E-state index is 14.2. The van der Waals surface area contributed by atoms with Crippen LogP contribution in [0, 0.1) is 11.8 Å². The lowest BCUT2D eigenvalue weighted by molar-refractivity contribution is -0.143. The molecule has 8 amide bonds. The van der Waals surface area contributed by atoms with E-state index in [1.54, 1.807) is 88.4 Å². The second-order valence-corrected chi connectivity index (χ2v) is 18.1. The summed E-state index contributed by atoms with van der Waals surface area (Å²) in [5.41, 5.74) is 12.7. The first-order valence-corrected chi connectivity index (χ1v) is 23.4. The Hall–Kier alpha value is -8.21. The average Bonchev–Trinajstić information content (AvgIpc) is 3.33. The third kappa shape index (κ3) is 21.0. The molecule has 3 aromatic carbocycles. The normalized spacial score (nSPS) is 13.8. The Morgan fingerprint density at radius 1 is 0.521 bits per heavy atom. The Labute approximate surface area is 421 Å². The molecule has 3 aromatic rings. The molecule has 73 heavy (non-hydrogen) atoms. The standard InChI is InChI=1S/C50H65N9O14/c1-27(2)21-35(56-49(72)37(22-29-11-7-5-8-12-29)55-45(68)33(51)19-20-40(62)63)47(70)57-36(24-31-15-17-32(60)18-16-31)46(69)53-26-39(61)59-42(28(3)4)50(73)58-38(23-30-13-9-6-10-14-30)48(71)54-34(25-41(64)65)43(66)44(52)67/h5-18,27-28,33-38,42,60H,19-26,51H2,1-4H3,(H2,52,67)(H,53,69)(H,54,71)(H,55,68)(H,56,72)(H,57,70)(H,58,73)(H,59,61)(H,62,63)(H,64,65)/t33-,34-,35-,36-,37-,38-,42-/m0/s1. The van der Waals surface area contributed by atoms with Gasteiger partial charge in [-0.15, -0.1) is 0 Å². The van der Waals surface area contributed by atoms with Gasteiger partial charge < -0.3 is 64.0 Å². The largest absolute Gasteiger partial charge is 0.508 e. The van der Waals surface area contributed by atoms with Crippen LogP contribution >= 0.6 is 0 Å². The van der Waals surface area contributed by atoms with Crippen LogP contribution in [0.25, 0.3) is 0 Å². The first kappa shape index (κ1) is 59.1. The topological polar surface area (TPSA) is 385 Å². The Morgan fingerprint density at radius 3 is 1.42 bits per heavy atom. The van der Waals surface area contributed by atoms with Crippen LogP contribution in [0.3, 0.4) is 0 Å². The number of rotatable bonds is 30. The van der Waals surface area contributed by atoms with Crippen LogP contribution in [0.4, 0.5) is 0 Å². The fraction of sp³-hybridized carbons (Fsp3) is 0.420. The molecule has 0 fully saturated rings. The van der Waals surface area contributed by atoms with E-state index in [2.05, 4.69) is 37.2 Å². The van der Waals surface area contributed by atoms with E-state index < -0.39 is 133 Å². The molecule has 0 aromatic heterocycles. The van der Waals surface area contributed by atoms with Crippen molar-refractivity contribution >= 4 is 65.0 Å². The lowest BCUT2D eigenvalue weighted by Gasteiger charge is -2.27. The molecule has 0 aliphatic heterocycles. The second kappa shape index (κ2) is 29.2. The second-order valence-electron chi connectivity index (χ2n) is 18.1. The predicted octanol–water partition coefficient (Wildman–Crippen LogP) is -1.13. The van der Waals surface area contributed by atoms with Gasteiger partial charge >= 0.3 is 11.9 Å². The molecule has 0 unspecified atom stereocenters. The lowest BCUT2D eigenvalue weighted by Crippen LogP contribution is -2.59. The maximum atomic E-state index is 14.2. The van der Waals surface area contributed by atoms with Gasteiger partial charge in [0.05, 0.1) is 19.0 Å². The molecule has 0 saturated carbocycles. The van der Waals surface area contributed by atoms with Gasteiger partial charge in [0.1, 0.15) is 42.0 Å². The summed E-state index contributed by atoms with van der Waals surface area (Å²) in [6.45, 7) is 5.99. The van der Waals surface area contributed by atoms with Crippen molar-refractivity contribution in [1.29, 1.82) is 0 Å². The molecule has 0 spiro atoms. The molecule has 0 radical (unpaired) electrons. The fourth-order valence-corrected chi connectivity index (χ4v) is 7.27. The number of carboxylic acids is 2. The van der Waals surface area contributed by atoms with Crippen molar-refractivity contribution in [3.63, 3.8) is 0 Å². The first-order chi connectivity index (χ1) is 34.4. The fourth-order valence-electron chi connectivity index (χ4n) is 7.27. The Kier molecular flexibility index (Phi) is 23.6. The third-order valence-corrected chi connectivity index (χ3v) is 11.1. The minimum Gasteiger partial charge on any atom is -0.508 e. The van der Waals surface area contributed by atoms with Gasteiger partial charge in [-0.2, -0.15) is 0 Å². The van der Waals surface area contributed by atoms with E-state index >= 15 is 0 Å². The summed E-state index contributed by atoms with van der Waals surface area (Å²) in [6.07, 6.45) is -1.93. The summed E-state index contributed by atoms with van der Waals surface area (Å²) in [4.78, 5) is 143. The van der Waals surface area contributed by atoms with E-state index in [-0.39, 0.29) is 43.8 Å². The first-order valence-electron chi connectivity index (χ1n) is 23.4. The number of amides is 8. The average molecular weight is 1020 g/mol.